The van der Waals surface area contributed by atoms with Crippen LogP contribution in [0, 0.1) is 11.6 Å². The minimum absolute atomic E-state index is 0.0149. The first-order chi connectivity index (χ1) is 20.6. The van der Waals surface area contributed by atoms with Crippen molar-refractivity contribution < 1.29 is 46.1 Å². The van der Waals surface area contributed by atoms with Crippen molar-refractivity contribution in [3.63, 3.8) is 0 Å². The van der Waals surface area contributed by atoms with Gasteiger partial charge in [-0.1, -0.05) is 29.5 Å². The van der Waals surface area contributed by atoms with Crippen LogP contribution in [0.4, 0.5) is 13.9 Å². The number of benzene rings is 3. The molecule has 1 unspecified atom stereocenters. The smallest absolute Gasteiger partial charge is 0.335 e. The largest absolute Gasteiger partial charge is 0.478 e. The van der Waals surface area contributed by atoms with Crippen LogP contribution in [0.15, 0.2) is 77.8 Å². The fourth-order valence-corrected chi connectivity index (χ4v) is 6.16. The number of morpholine rings is 1. The molecule has 1 fully saturated rings. The molecule has 0 aliphatic carbocycles. The number of thiazole rings is 1. The first kappa shape index (κ1) is 30.0. The quantitative estimate of drug-likeness (QED) is 0.255. The minimum Gasteiger partial charge on any atom is -0.478 e. The van der Waals surface area contributed by atoms with E-state index in [-0.39, 0.29) is 58.3 Å². The second-order valence-corrected chi connectivity index (χ2v) is 12.0. The van der Waals surface area contributed by atoms with Gasteiger partial charge in [0.05, 0.1) is 29.9 Å². The van der Waals surface area contributed by atoms with Crippen LogP contribution in [0.2, 0.25) is 0 Å². The Morgan fingerprint density at radius 3 is 2.49 bits per heavy atom. The van der Waals surface area contributed by atoms with Crippen molar-refractivity contribution in [2.24, 2.45) is 0 Å². The van der Waals surface area contributed by atoms with Crippen molar-refractivity contribution in [2.75, 3.05) is 31.6 Å². The third-order valence-corrected chi connectivity index (χ3v) is 8.89. The van der Waals surface area contributed by atoms with E-state index in [9.17, 15) is 31.9 Å². The molecule has 0 spiro atoms. The summed E-state index contributed by atoms with van der Waals surface area (Å²) in [6.07, 6.45) is -0.185. The van der Waals surface area contributed by atoms with E-state index >= 15 is 0 Å². The van der Waals surface area contributed by atoms with Crippen molar-refractivity contribution in [1.29, 1.82) is 0 Å². The van der Waals surface area contributed by atoms with E-state index in [1.807, 2.05) is 0 Å². The van der Waals surface area contributed by atoms with E-state index in [0.29, 0.717) is 6.07 Å². The Morgan fingerprint density at radius 2 is 1.79 bits per heavy atom. The summed E-state index contributed by atoms with van der Waals surface area (Å²) in [5.41, 5.74) is 0.202. The second kappa shape index (κ2) is 12.8. The van der Waals surface area contributed by atoms with Crippen LogP contribution in [0.25, 0.3) is 0 Å². The molecule has 5 rings (SSSR count). The van der Waals surface area contributed by atoms with Gasteiger partial charge >= 0.3 is 5.97 Å². The SMILES string of the molecule is O=C(O)c1cccc(Oc2cnc(NC(=O)C(Oc3ccc(F)cc3F)c3ccc(S(=O)(=O)N4CCOCC4)cc3)s2)c1. The Balaban J connectivity index is 1.37. The first-order valence-corrected chi connectivity index (χ1v) is 14.9. The van der Waals surface area contributed by atoms with Gasteiger partial charge in [-0.2, -0.15) is 4.31 Å². The number of amides is 1. The molecular formula is C28H23F2N3O8S2. The van der Waals surface area contributed by atoms with Crippen LogP contribution in [0.5, 0.6) is 16.6 Å². The van der Waals surface area contributed by atoms with Crippen LogP contribution in [0.3, 0.4) is 0 Å². The Labute approximate surface area is 248 Å². The molecule has 224 valence electrons. The summed E-state index contributed by atoms with van der Waals surface area (Å²) in [6, 6.07) is 13.7. The van der Waals surface area contributed by atoms with Gasteiger partial charge in [-0.05, 0) is 42.5 Å². The van der Waals surface area contributed by atoms with Gasteiger partial charge in [0, 0.05) is 24.7 Å². The number of ether oxygens (including phenoxy) is 3. The highest BCUT2D eigenvalue weighted by atomic mass is 32.2. The van der Waals surface area contributed by atoms with Gasteiger partial charge in [0.25, 0.3) is 5.91 Å². The van der Waals surface area contributed by atoms with Crippen molar-refractivity contribution in [2.45, 2.75) is 11.0 Å². The maximum Gasteiger partial charge on any atom is 0.335 e. The van der Waals surface area contributed by atoms with Crippen LogP contribution >= 0.6 is 11.3 Å². The Bertz CT molecular complexity index is 1740. The number of nitrogens with one attached hydrogen (secondary N) is 1. The van der Waals surface area contributed by atoms with Gasteiger partial charge in [0.1, 0.15) is 11.6 Å². The number of rotatable bonds is 10. The molecule has 0 radical (unpaired) electrons. The van der Waals surface area contributed by atoms with Crippen molar-refractivity contribution in [3.05, 3.63) is 95.7 Å². The lowest BCUT2D eigenvalue weighted by Gasteiger charge is -2.26. The number of aromatic nitrogens is 1. The van der Waals surface area contributed by atoms with E-state index in [4.69, 9.17) is 14.2 Å². The molecule has 1 amide bonds. The summed E-state index contributed by atoms with van der Waals surface area (Å²) in [7, 11) is -3.82. The average Bonchev–Trinajstić information content (AvgIpc) is 3.43. The van der Waals surface area contributed by atoms with Gasteiger partial charge in [-0.15, -0.1) is 0 Å². The maximum absolute atomic E-state index is 14.5. The zero-order valence-electron chi connectivity index (χ0n) is 22.1. The molecule has 3 aromatic carbocycles. The number of carboxylic acids is 1. The number of halogens is 2. The number of sulfonamides is 1. The highest BCUT2D eigenvalue weighted by molar-refractivity contribution is 7.89. The Kier molecular flexibility index (Phi) is 8.96. The van der Waals surface area contributed by atoms with Crippen molar-refractivity contribution in [1.82, 2.24) is 9.29 Å². The molecule has 15 heteroatoms. The lowest BCUT2D eigenvalue weighted by Crippen LogP contribution is -2.40. The zero-order valence-corrected chi connectivity index (χ0v) is 23.7. The molecule has 0 saturated carbocycles. The molecule has 43 heavy (non-hydrogen) atoms. The molecule has 2 N–H and O–H groups in total. The first-order valence-electron chi connectivity index (χ1n) is 12.7. The molecule has 4 aromatic rings. The van der Waals surface area contributed by atoms with E-state index in [1.54, 1.807) is 6.07 Å². The third-order valence-electron chi connectivity index (χ3n) is 6.18. The number of hydrogen-bond acceptors (Lipinski definition) is 9. The van der Waals surface area contributed by atoms with E-state index < -0.39 is 45.4 Å². The predicted molar refractivity (Wildman–Crippen MR) is 150 cm³/mol. The summed E-state index contributed by atoms with van der Waals surface area (Å²) in [5, 5.41) is 12.0. The number of carbonyl (C=O) groups is 2. The lowest BCUT2D eigenvalue weighted by molar-refractivity contribution is -0.123. The monoisotopic (exact) mass is 631 g/mol. The highest BCUT2D eigenvalue weighted by Gasteiger charge is 2.29. The standard InChI is InChI=1S/C28H23F2N3O8S2/c29-19-6-9-23(22(30)15-19)41-25(17-4-7-21(8-5-17)43(37,38)33-10-12-39-13-11-33)26(34)32-28-31-16-24(42-28)40-20-3-1-2-18(14-20)27(35)36/h1-9,14-16,25H,10-13H2,(H,35,36)(H,31,32,34). The fourth-order valence-electron chi connectivity index (χ4n) is 4.07. The summed E-state index contributed by atoms with van der Waals surface area (Å²) >= 11 is 0.929. The number of nitrogens with zero attached hydrogens (tertiary/aromatic N) is 2. The number of carbonyl (C=O) groups excluding carboxylic acids is 1. The van der Waals surface area contributed by atoms with Crippen LogP contribution < -0.4 is 14.8 Å². The Hall–Kier alpha value is -4.44. The summed E-state index contributed by atoms with van der Waals surface area (Å²) in [6.45, 7) is 0.947. The molecule has 1 aromatic heterocycles. The van der Waals surface area contributed by atoms with Gasteiger partial charge in [-0.25, -0.2) is 27.0 Å². The topological polar surface area (TPSA) is 144 Å². The summed E-state index contributed by atoms with van der Waals surface area (Å²) in [5.74, 6) is -3.97. The summed E-state index contributed by atoms with van der Waals surface area (Å²) < 4.78 is 71.8. The van der Waals surface area contributed by atoms with Crippen LogP contribution in [0.1, 0.15) is 22.0 Å². The molecule has 1 aliphatic heterocycles. The molecule has 2 heterocycles. The predicted octanol–water partition coefficient (Wildman–Crippen LogP) is 4.69. The average molecular weight is 632 g/mol. The minimum atomic E-state index is -3.82. The number of carboxylic acid groups (broad SMARTS) is 1. The maximum atomic E-state index is 14.5. The normalized spacial score (nSPS) is 14.6. The van der Waals surface area contributed by atoms with Crippen LogP contribution in [-0.2, 0) is 19.6 Å². The van der Waals surface area contributed by atoms with Crippen LogP contribution in [-0.4, -0.2) is 61.0 Å². The lowest BCUT2D eigenvalue weighted by atomic mass is 10.1. The number of aromatic carboxylic acids is 1. The van der Waals surface area contributed by atoms with Crippen molar-refractivity contribution >= 4 is 38.4 Å². The molecule has 1 atom stereocenters. The second-order valence-electron chi connectivity index (χ2n) is 9.07. The van der Waals surface area contributed by atoms with Crippen molar-refractivity contribution in [3.8, 4) is 16.6 Å². The van der Waals surface area contributed by atoms with Gasteiger partial charge in [0.15, 0.2) is 16.7 Å². The molecule has 1 saturated heterocycles. The number of hydrogen-bond donors (Lipinski definition) is 2. The number of anilines is 1. The summed E-state index contributed by atoms with van der Waals surface area (Å²) in [4.78, 5) is 28.7. The van der Waals surface area contributed by atoms with E-state index in [0.717, 1.165) is 23.5 Å². The van der Waals surface area contributed by atoms with Gasteiger partial charge < -0.3 is 19.3 Å². The van der Waals surface area contributed by atoms with Gasteiger partial charge in [0.2, 0.25) is 21.2 Å². The fraction of sp³-hybridized carbons (Fsp3) is 0.179. The zero-order chi connectivity index (χ0) is 30.6. The van der Waals surface area contributed by atoms with Gasteiger partial charge in [-0.3, -0.25) is 10.1 Å². The third kappa shape index (κ3) is 7.14. The molecule has 0 bridgehead atoms. The molecular weight excluding hydrogens is 608 g/mol. The van der Waals surface area contributed by atoms with E-state index in [2.05, 4.69) is 10.3 Å². The molecule has 11 nitrogen and oxygen atoms in total. The van der Waals surface area contributed by atoms with E-state index in [1.165, 1.54) is 53.0 Å². The highest BCUT2D eigenvalue weighted by Crippen LogP contribution is 2.33. The molecule has 1 aliphatic rings. The Morgan fingerprint density at radius 1 is 1.05 bits per heavy atom.